The minimum Gasteiger partial charge on any atom is -0.489 e. The van der Waals surface area contributed by atoms with Crippen LogP contribution in [0.4, 0.5) is 0 Å². The zero-order chi connectivity index (χ0) is 21.2. The number of hydrogen-bond donors (Lipinski definition) is 1. The maximum absolute atomic E-state index is 12.4. The Hall–Kier alpha value is -2.13. The van der Waals surface area contributed by atoms with Crippen LogP contribution >= 0.6 is 0 Å². The summed E-state index contributed by atoms with van der Waals surface area (Å²) in [6.45, 7) is 12.9. The predicted octanol–water partition coefficient (Wildman–Crippen LogP) is 5.67. The number of rotatable bonds is 7. The van der Waals surface area contributed by atoms with Crippen molar-refractivity contribution in [1.82, 2.24) is 5.32 Å². The molecule has 3 nitrogen and oxygen atoms in total. The summed E-state index contributed by atoms with van der Waals surface area (Å²) in [5, 5.41) is 3.14. The third kappa shape index (κ3) is 9.18. The minimum absolute atomic E-state index is 0.166. The lowest BCUT2D eigenvalue weighted by atomic mass is 9.84. The fourth-order valence-corrected chi connectivity index (χ4v) is 2.55. The van der Waals surface area contributed by atoms with Gasteiger partial charge in [0.1, 0.15) is 12.4 Å². The van der Waals surface area contributed by atoms with Crippen molar-refractivity contribution in [3.63, 3.8) is 0 Å². The van der Waals surface area contributed by atoms with Gasteiger partial charge in [0.2, 0.25) is 0 Å². The van der Waals surface area contributed by atoms with Crippen LogP contribution in [-0.2, 0) is 17.8 Å². The van der Waals surface area contributed by atoms with Crippen molar-refractivity contribution in [1.29, 1.82) is 0 Å². The van der Waals surface area contributed by atoms with E-state index in [9.17, 15) is 4.79 Å². The number of ketones is 1. The molecule has 0 saturated carbocycles. The molecule has 0 spiro atoms. The lowest BCUT2D eigenvalue weighted by Gasteiger charge is -2.24. The average Bonchev–Trinajstić information content (AvgIpc) is 2.64. The summed E-state index contributed by atoms with van der Waals surface area (Å²) >= 11 is 0. The summed E-state index contributed by atoms with van der Waals surface area (Å²) in [4.78, 5) is 12.4. The average molecular weight is 384 g/mol. The van der Waals surface area contributed by atoms with Crippen molar-refractivity contribution in [2.45, 2.75) is 60.6 Å². The molecule has 2 rings (SSSR count). The Kier molecular flexibility index (Phi) is 9.95. The summed E-state index contributed by atoms with van der Waals surface area (Å²) in [6.07, 6.45) is 0.686. The minimum atomic E-state index is -0.341. The third-order valence-electron chi connectivity index (χ3n) is 4.02. The first-order valence-electron chi connectivity index (χ1n) is 10.1. The highest BCUT2D eigenvalue weighted by Crippen LogP contribution is 2.20. The van der Waals surface area contributed by atoms with Crippen LogP contribution in [0.3, 0.4) is 0 Å². The van der Waals surface area contributed by atoms with E-state index in [0.717, 1.165) is 22.8 Å². The summed E-state index contributed by atoms with van der Waals surface area (Å²) < 4.78 is 5.80. The van der Waals surface area contributed by atoms with Gasteiger partial charge in [-0.2, -0.15) is 0 Å². The Morgan fingerprint density at radius 3 is 1.93 bits per heavy atom. The number of benzene rings is 2. The Labute approximate surface area is 171 Å². The van der Waals surface area contributed by atoms with Gasteiger partial charge in [0.25, 0.3) is 0 Å². The van der Waals surface area contributed by atoms with Crippen LogP contribution < -0.4 is 10.1 Å². The van der Waals surface area contributed by atoms with E-state index in [2.05, 4.69) is 26.1 Å². The van der Waals surface area contributed by atoms with E-state index in [0.29, 0.717) is 13.0 Å². The van der Waals surface area contributed by atoms with Crippen LogP contribution in [0.1, 0.15) is 52.7 Å². The van der Waals surface area contributed by atoms with Gasteiger partial charge < -0.3 is 10.1 Å². The van der Waals surface area contributed by atoms with Gasteiger partial charge in [0.05, 0.1) is 6.04 Å². The maximum atomic E-state index is 12.4. The van der Waals surface area contributed by atoms with Gasteiger partial charge in [-0.1, -0.05) is 84.0 Å². The number of ether oxygens (including phenoxy) is 1. The molecule has 2 aromatic rings. The first-order chi connectivity index (χ1) is 13.1. The molecule has 154 valence electrons. The molecular formula is C25H37NO2. The summed E-state index contributed by atoms with van der Waals surface area (Å²) in [6, 6.07) is 17.9. The van der Waals surface area contributed by atoms with Crippen LogP contribution in [0.15, 0.2) is 54.6 Å². The molecule has 3 heteroatoms. The van der Waals surface area contributed by atoms with E-state index in [4.69, 9.17) is 4.74 Å². The van der Waals surface area contributed by atoms with Crippen molar-refractivity contribution in [3.8, 4) is 5.75 Å². The first kappa shape index (κ1) is 23.9. The molecule has 2 aromatic carbocycles. The molecule has 0 radical (unpaired) electrons. The van der Waals surface area contributed by atoms with Gasteiger partial charge in [0.15, 0.2) is 5.78 Å². The second kappa shape index (κ2) is 11.7. The Morgan fingerprint density at radius 2 is 1.46 bits per heavy atom. The topological polar surface area (TPSA) is 38.3 Å². The van der Waals surface area contributed by atoms with E-state index in [1.165, 1.54) is 0 Å². The predicted molar refractivity (Wildman–Crippen MR) is 119 cm³/mol. The molecule has 1 atom stereocenters. The maximum Gasteiger partial charge on any atom is 0.155 e. The second-order valence-electron chi connectivity index (χ2n) is 8.81. The molecule has 0 bridgehead atoms. The second-order valence-corrected chi connectivity index (χ2v) is 8.81. The van der Waals surface area contributed by atoms with Gasteiger partial charge in [0, 0.05) is 5.41 Å². The van der Waals surface area contributed by atoms with Crippen LogP contribution in [0, 0.1) is 11.3 Å². The molecule has 0 heterocycles. The highest BCUT2D eigenvalue weighted by molar-refractivity contribution is 5.88. The number of hydrogen-bond acceptors (Lipinski definition) is 3. The van der Waals surface area contributed by atoms with E-state index in [1.54, 1.807) is 0 Å². The monoisotopic (exact) mass is 383 g/mol. The van der Waals surface area contributed by atoms with Gasteiger partial charge in [-0.3, -0.25) is 4.79 Å². The highest BCUT2D eigenvalue weighted by Gasteiger charge is 2.28. The molecule has 1 N–H and O–H groups in total. The number of likely N-dealkylation sites (N-methyl/N-ethyl adjacent to an activating group) is 1. The van der Waals surface area contributed by atoms with E-state index >= 15 is 0 Å². The van der Waals surface area contributed by atoms with Crippen molar-refractivity contribution in [2.75, 3.05) is 7.05 Å². The standard InChI is InChI=1S/C21H27NO2.C4H10/c1-21(2,3)20(23)19(22-4)14-16-10-12-18(13-11-16)24-15-17-8-6-5-7-9-17;1-4(2)3/h5-13,19,22H,14-15H2,1-4H3;4H,1-3H3. The van der Waals surface area contributed by atoms with Gasteiger partial charge in [-0.25, -0.2) is 0 Å². The number of carbonyl (C=O) groups excluding carboxylic acids is 1. The molecule has 0 aliphatic rings. The Bertz CT molecular complexity index is 682. The molecule has 1 unspecified atom stereocenters. The first-order valence-corrected chi connectivity index (χ1v) is 10.1. The molecule has 0 saturated heterocycles. The van der Waals surface area contributed by atoms with Crippen molar-refractivity contribution in [2.24, 2.45) is 11.3 Å². The SMILES string of the molecule is CC(C)C.CNC(Cc1ccc(OCc2ccccc2)cc1)C(=O)C(C)(C)C. The Balaban J connectivity index is 0.000000892. The summed E-state index contributed by atoms with van der Waals surface area (Å²) in [5.41, 5.74) is 1.93. The molecule has 0 fully saturated rings. The Morgan fingerprint density at radius 1 is 0.929 bits per heavy atom. The van der Waals surface area contributed by atoms with E-state index in [-0.39, 0.29) is 17.2 Å². The van der Waals surface area contributed by atoms with Crippen LogP contribution in [0.25, 0.3) is 0 Å². The number of carbonyl (C=O) groups is 1. The smallest absolute Gasteiger partial charge is 0.155 e. The van der Waals surface area contributed by atoms with Crippen LogP contribution in [-0.4, -0.2) is 18.9 Å². The lowest BCUT2D eigenvalue weighted by molar-refractivity contribution is -0.128. The molecule has 0 aliphatic heterocycles. The largest absolute Gasteiger partial charge is 0.489 e. The molecule has 28 heavy (non-hydrogen) atoms. The molecule has 0 aromatic heterocycles. The fraction of sp³-hybridized carbons (Fsp3) is 0.480. The van der Waals surface area contributed by atoms with Crippen LogP contribution in [0.5, 0.6) is 5.75 Å². The number of Topliss-reactive ketones (excluding diaryl/α,β-unsaturated/α-hetero) is 1. The number of nitrogens with one attached hydrogen (secondary N) is 1. The summed E-state index contributed by atoms with van der Waals surface area (Å²) in [7, 11) is 1.84. The van der Waals surface area contributed by atoms with Crippen molar-refractivity contribution >= 4 is 5.78 Å². The third-order valence-corrected chi connectivity index (χ3v) is 4.02. The lowest BCUT2D eigenvalue weighted by Crippen LogP contribution is -2.42. The van der Waals surface area contributed by atoms with Gasteiger partial charge in [-0.15, -0.1) is 0 Å². The highest BCUT2D eigenvalue weighted by atomic mass is 16.5. The van der Waals surface area contributed by atoms with E-state index in [1.807, 2.05) is 82.4 Å². The van der Waals surface area contributed by atoms with Gasteiger partial charge in [-0.05, 0) is 42.6 Å². The van der Waals surface area contributed by atoms with E-state index < -0.39 is 0 Å². The fourth-order valence-electron chi connectivity index (χ4n) is 2.55. The zero-order valence-corrected chi connectivity index (χ0v) is 18.6. The van der Waals surface area contributed by atoms with Crippen molar-refractivity contribution in [3.05, 3.63) is 65.7 Å². The molecular weight excluding hydrogens is 346 g/mol. The van der Waals surface area contributed by atoms with Crippen molar-refractivity contribution < 1.29 is 9.53 Å². The molecule has 0 amide bonds. The van der Waals surface area contributed by atoms with Gasteiger partial charge >= 0.3 is 0 Å². The molecule has 0 aliphatic carbocycles. The summed E-state index contributed by atoms with van der Waals surface area (Å²) in [5.74, 6) is 1.90. The zero-order valence-electron chi connectivity index (χ0n) is 18.6. The normalized spacial score (nSPS) is 12.1. The van der Waals surface area contributed by atoms with Crippen LogP contribution in [0.2, 0.25) is 0 Å². The quantitative estimate of drug-likeness (QED) is 0.669.